The van der Waals surface area contributed by atoms with E-state index in [9.17, 15) is 29.1 Å². The Morgan fingerprint density at radius 1 is 1.04 bits per heavy atom. The highest BCUT2D eigenvalue weighted by molar-refractivity contribution is 5.97. The number of fused-ring (bicyclic) bond motifs is 2. The highest BCUT2D eigenvalue weighted by Crippen LogP contribution is 2.52. The number of aromatic amines is 1. The first-order valence-electron chi connectivity index (χ1n) is 15.7. The van der Waals surface area contributed by atoms with Crippen LogP contribution in [0.2, 0.25) is 0 Å². The molecule has 0 saturated heterocycles. The number of nitrogens with one attached hydrogen (secondary N) is 5. The van der Waals surface area contributed by atoms with E-state index in [1.165, 1.54) is 18.3 Å². The molecule has 0 unspecified atom stereocenters. The first-order chi connectivity index (χ1) is 23.2. The second-order valence-electron chi connectivity index (χ2n) is 11.6. The van der Waals surface area contributed by atoms with Crippen molar-refractivity contribution in [3.8, 4) is 11.8 Å². The molecule has 2 aromatic heterocycles. The normalized spacial score (nSPS) is 18.5. The Labute approximate surface area is 275 Å². The minimum atomic E-state index is -1.29. The highest BCUT2D eigenvalue weighted by Gasteiger charge is 2.49. The fourth-order valence-corrected chi connectivity index (χ4v) is 5.72. The van der Waals surface area contributed by atoms with Gasteiger partial charge >= 0.3 is 12.1 Å². The van der Waals surface area contributed by atoms with Gasteiger partial charge in [0.2, 0.25) is 11.9 Å². The second kappa shape index (κ2) is 15.7. The molecule has 16 nitrogen and oxygen atoms in total. The number of aliphatic carboxylic acids is 1. The van der Waals surface area contributed by atoms with E-state index < -0.39 is 35.5 Å². The number of nitrogen functional groups attached to an aromatic ring is 1. The molecule has 0 radical (unpaired) electrons. The van der Waals surface area contributed by atoms with Gasteiger partial charge in [0.1, 0.15) is 6.04 Å². The zero-order valence-electron chi connectivity index (χ0n) is 26.1. The number of carboxylic acids is 1. The van der Waals surface area contributed by atoms with Gasteiger partial charge in [0.05, 0.1) is 25.0 Å². The number of aromatic nitrogens is 4. The molecule has 1 fully saturated rings. The van der Waals surface area contributed by atoms with Gasteiger partial charge in [0, 0.05) is 43.6 Å². The first kappa shape index (κ1) is 33.6. The number of benzene rings is 1. The summed E-state index contributed by atoms with van der Waals surface area (Å²) in [6, 6.07) is 4.99. The molecular weight excluding hydrogens is 622 g/mol. The Bertz CT molecular complexity index is 1770. The summed E-state index contributed by atoms with van der Waals surface area (Å²) >= 11 is 0. The maximum atomic E-state index is 12.7. The van der Waals surface area contributed by atoms with Gasteiger partial charge in [-0.05, 0) is 61.3 Å². The minimum Gasteiger partial charge on any atom is -0.480 e. The Hall–Kier alpha value is -5.72. The number of hydrogen-bond acceptors (Lipinski definition) is 11. The summed E-state index contributed by atoms with van der Waals surface area (Å²) in [5.74, 6) is 5.48. The molecule has 0 spiro atoms. The number of carbonyl (C=O) groups excluding carboxylic acids is 3. The fraction of sp³-hybridized carbons (Fsp3) is 0.438. The van der Waals surface area contributed by atoms with Crippen LogP contribution in [0.15, 0.2) is 35.3 Å². The SMILES string of the molecule is Nc1nc2ncc(CNc3ccc(C(=O)N[C@@H](CCC(=O)NCCNC(=O)OC[C@H]4[C@@H]5CCC#CCC[C@@H]54)C(=O)O)cc3)nc2c(=O)[nH]1. The molecule has 252 valence electrons. The number of rotatable bonds is 14. The van der Waals surface area contributed by atoms with Crippen LogP contribution < -0.4 is 32.6 Å². The topological polar surface area (TPSA) is 243 Å². The van der Waals surface area contributed by atoms with Crippen molar-refractivity contribution in [2.24, 2.45) is 17.8 Å². The van der Waals surface area contributed by atoms with Crippen molar-refractivity contribution in [1.29, 1.82) is 0 Å². The van der Waals surface area contributed by atoms with E-state index in [2.05, 4.69) is 53.0 Å². The Morgan fingerprint density at radius 2 is 1.75 bits per heavy atom. The molecule has 16 heteroatoms. The predicted octanol–water partition coefficient (Wildman–Crippen LogP) is 1.15. The van der Waals surface area contributed by atoms with Gasteiger partial charge in [-0.3, -0.25) is 19.4 Å². The lowest BCUT2D eigenvalue weighted by atomic mass is 10.1. The highest BCUT2D eigenvalue weighted by atomic mass is 16.5. The van der Waals surface area contributed by atoms with Crippen molar-refractivity contribution in [3.63, 3.8) is 0 Å². The number of H-pyrrole nitrogens is 1. The molecule has 48 heavy (non-hydrogen) atoms. The van der Waals surface area contributed by atoms with Gasteiger partial charge in [-0.25, -0.2) is 19.6 Å². The lowest BCUT2D eigenvalue weighted by Crippen LogP contribution is -2.42. The molecule has 1 aromatic carbocycles. The van der Waals surface area contributed by atoms with Crippen molar-refractivity contribution in [2.75, 3.05) is 30.7 Å². The number of amides is 3. The summed E-state index contributed by atoms with van der Waals surface area (Å²) in [7, 11) is 0. The Balaban J connectivity index is 0.982. The van der Waals surface area contributed by atoms with Gasteiger partial charge in [0.15, 0.2) is 11.2 Å². The van der Waals surface area contributed by atoms with Gasteiger partial charge in [-0.1, -0.05) is 0 Å². The van der Waals surface area contributed by atoms with E-state index in [0.29, 0.717) is 35.7 Å². The largest absolute Gasteiger partial charge is 0.480 e. The Morgan fingerprint density at radius 3 is 2.46 bits per heavy atom. The molecule has 8 N–H and O–H groups in total. The van der Waals surface area contributed by atoms with Gasteiger partial charge in [-0.15, -0.1) is 11.8 Å². The van der Waals surface area contributed by atoms with E-state index in [4.69, 9.17) is 10.5 Å². The van der Waals surface area contributed by atoms with Crippen molar-refractivity contribution in [3.05, 3.63) is 52.1 Å². The number of hydrogen-bond donors (Lipinski definition) is 7. The fourth-order valence-electron chi connectivity index (χ4n) is 5.72. The lowest BCUT2D eigenvalue weighted by Gasteiger charge is -2.15. The second-order valence-corrected chi connectivity index (χ2v) is 11.6. The van der Waals surface area contributed by atoms with Crippen LogP contribution in [0.3, 0.4) is 0 Å². The number of carboxylic acid groups (broad SMARTS) is 1. The third-order valence-corrected chi connectivity index (χ3v) is 8.33. The average Bonchev–Trinajstić information content (AvgIpc) is 3.71. The van der Waals surface area contributed by atoms with Crippen molar-refractivity contribution in [1.82, 2.24) is 35.9 Å². The van der Waals surface area contributed by atoms with Gasteiger partial charge in [-0.2, -0.15) is 4.98 Å². The molecule has 2 heterocycles. The summed E-state index contributed by atoms with van der Waals surface area (Å²) in [6.07, 6.45) is 4.51. The summed E-state index contributed by atoms with van der Waals surface area (Å²) in [5, 5.41) is 20.4. The smallest absolute Gasteiger partial charge is 0.407 e. The molecule has 1 saturated carbocycles. The molecule has 0 aliphatic heterocycles. The molecule has 5 rings (SSSR count). The van der Waals surface area contributed by atoms with Crippen LogP contribution >= 0.6 is 0 Å². The van der Waals surface area contributed by atoms with Crippen LogP contribution in [0.1, 0.15) is 54.6 Å². The molecule has 2 aliphatic rings. The zero-order chi connectivity index (χ0) is 34.0. The number of alkyl carbamates (subject to hydrolysis) is 1. The van der Waals surface area contributed by atoms with Crippen molar-refractivity contribution < 1.29 is 29.0 Å². The summed E-state index contributed by atoms with van der Waals surface area (Å²) < 4.78 is 5.35. The summed E-state index contributed by atoms with van der Waals surface area (Å²) in [5.41, 5.74) is 6.52. The van der Waals surface area contributed by atoms with Crippen LogP contribution in [0.5, 0.6) is 0 Å². The van der Waals surface area contributed by atoms with E-state index in [-0.39, 0.29) is 55.2 Å². The van der Waals surface area contributed by atoms with E-state index in [0.717, 1.165) is 25.7 Å². The third-order valence-electron chi connectivity index (χ3n) is 8.33. The summed E-state index contributed by atoms with van der Waals surface area (Å²) in [4.78, 5) is 75.5. The molecule has 3 amide bonds. The predicted molar refractivity (Wildman–Crippen MR) is 173 cm³/mol. The molecule has 0 bridgehead atoms. The van der Waals surface area contributed by atoms with Crippen LogP contribution in [-0.2, 0) is 20.9 Å². The third kappa shape index (κ3) is 9.18. The van der Waals surface area contributed by atoms with E-state index in [1.54, 1.807) is 12.1 Å². The molecule has 4 atom stereocenters. The van der Waals surface area contributed by atoms with E-state index in [1.807, 2.05) is 0 Å². The van der Waals surface area contributed by atoms with Crippen LogP contribution in [-0.4, -0.2) is 74.7 Å². The van der Waals surface area contributed by atoms with Crippen LogP contribution in [0, 0.1) is 29.6 Å². The number of anilines is 2. The number of ether oxygens (including phenoxy) is 1. The number of carbonyl (C=O) groups is 4. The van der Waals surface area contributed by atoms with Crippen molar-refractivity contribution >= 4 is 46.7 Å². The molecular formula is C32H37N9O7. The van der Waals surface area contributed by atoms with Crippen molar-refractivity contribution in [2.45, 2.75) is 51.1 Å². The van der Waals surface area contributed by atoms with Gasteiger partial charge < -0.3 is 36.8 Å². The zero-order valence-corrected chi connectivity index (χ0v) is 26.1. The average molecular weight is 660 g/mol. The van der Waals surface area contributed by atoms with Crippen LogP contribution in [0.4, 0.5) is 16.4 Å². The maximum Gasteiger partial charge on any atom is 0.407 e. The molecule has 2 aliphatic carbocycles. The summed E-state index contributed by atoms with van der Waals surface area (Å²) in [6.45, 7) is 0.891. The minimum absolute atomic E-state index is 0.0539. The Kier molecular flexibility index (Phi) is 11.0. The van der Waals surface area contributed by atoms with Crippen LogP contribution in [0.25, 0.3) is 11.2 Å². The monoisotopic (exact) mass is 659 g/mol. The lowest BCUT2D eigenvalue weighted by molar-refractivity contribution is -0.139. The number of nitrogens with two attached hydrogens (primary N) is 1. The quantitative estimate of drug-likeness (QED) is 0.0952. The first-order valence-corrected chi connectivity index (χ1v) is 15.7. The maximum absolute atomic E-state index is 12.7. The number of nitrogens with zero attached hydrogens (tertiary/aromatic N) is 3. The molecule has 3 aromatic rings. The standard InChI is InChI=1S/C32H37N9O7/c33-31-40-27-26(29(44)41-31)38-20(16-37-27)15-36-19-9-7-18(8-10-19)28(43)39-24(30(45)46)11-12-25(42)34-13-14-35-32(47)48-17-23-21-5-3-1-2-4-6-22(21)23/h7-10,16,21-24,36H,3-6,11-15,17H2,(H,34,42)(H,35,47)(H,39,43)(H,45,46)(H3,33,37,40,41,44)/t21-,22+,23+,24-/m0/s1. The van der Waals surface area contributed by atoms with Gasteiger partial charge in [0.25, 0.3) is 11.5 Å². The van der Waals surface area contributed by atoms with E-state index >= 15 is 0 Å².